The van der Waals surface area contributed by atoms with E-state index in [1.54, 1.807) is 18.2 Å². The van der Waals surface area contributed by atoms with Gasteiger partial charge in [0.25, 0.3) is 5.91 Å². The number of carbonyl (C=O) groups is 3. The molecule has 0 saturated heterocycles. The highest BCUT2D eigenvalue weighted by atomic mass is 127. The van der Waals surface area contributed by atoms with Crippen LogP contribution in [0, 0.1) is 3.57 Å². The first-order chi connectivity index (χ1) is 8.88. The molecule has 0 aliphatic carbocycles. The SMILES string of the molecule is O=C(O)/C=C/C(=O)NC(=O)Nc1ccc(I)cc1Cl. The second-order valence-electron chi connectivity index (χ2n) is 3.24. The van der Waals surface area contributed by atoms with E-state index in [0.717, 1.165) is 9.65 Å². The van der Waals surface area contributed by atoms with Crippen LogP contribution in [0.5, 0.6) is 0 Å². The van der Waals surface area contributed by atoms with Gasteiger partial charge in [0, 0.05) is 15.7 Å². The number of hydrogen-bond acceptors (Lipinski definition) is 3. The standard InChI is InChI=1S/C11H8ClIN2O4/c12-7-5-6(13)1-2-8(7)14-11(19)15-9(16)3-4-10(17)18/h1-5H,(H,17,18)(H2,14,15,16,19)/b4-3+. The summed E-state index contributed by atoms with van der Waals surface area (Å²) in [6.07, 6.45) is 1.36. The van der Waals surface area contributed by atoms with Crippen molar-refractivity contribution in [1.82, 2.24) is 5.32 Å². The van der Waals surface area contributed by atoms with Crippen molar-refractivity contribution in [2.75, 3.05) is 5.32 Å². The Bertz CT molecular complexity index is 560. The normalized spacial score (nSPS) is 10.2. The number of carbonyl (C=O) groups excluding carboxylic acids is 2. The number of nitrogens with one attached hydrogen (secondary N) is 2. The van der Waals surface area contributed by atoms with E-state index < -0.39 is 17.9 Å². The maximum atomic E-state index is 11.4. The second kappa shape index (κ2) is 7.10. The number of rotatable bonds is 3. The molecule has 0 aromatic heterocycles. The van der Waals surface area contributed by atoms with Crippen LogP contribution in [0.3, 0.4) is 0 Å². The van der Waals surface area contributed by atoms with Crippen molar-refractivity contribution in [2.45, 2.75) is 0 Å². The van der Waals surface area contributed by atoms with Crippen LogP contribution in [0.15, 0.2) is 30.4 Å². The number of imide groups is 1. The lowest BCUT2D eigenvalue weighted by atomic mass is 10.3. The van der Waals surface area contributed by atoms with Crippen molar-refractivity contribution >= 4 is 57.8 Å². The van der Waals surface area contributed by atoms with Crippen LogP contribution in [0.2, 0.25) is 5.02 Å². The van der Waals surface area contributed by atoms with E-state index in [0.29, 0.717) is 16.8 Å². The van der Waals surface area contributed by atoms with Crippen molar-refractivity contribution in [3.63, 3.8) is 0 Å². The minimum Gasteiger partial charge on any atom is -0.478 e. The molecule has 0 aliphatic heterocycles. The quantitative estimate of drug-likeness (QED) is 0.541. The van der Waals surface area contributed by atoms with E-state index in [1.165, 1.54) is 0 Å². The van der Waals surface area contributed by atoms with E-state index in [9.17, 15) is 14.4 Å². The maximum Gasteiger partial charge on any atom is 0.328 e. The summed E-state index contributed by atoms with van der Waals surface area (Å²) in [5.41, 5.74) is 0.342. The van der Waals surface area contributed by atoms with Crippen molar-refractivity contribution in [3.8, 4) is 0 Å². The van der Waals surface area contributed by atoms with E-state index in [2.05, 4.69) is 27.9 Å². The number of urea groups is 1. The molecule has 1 rings (SSSR count). The number of aliphatic carboxylic acids is 1. The molecule has 3 N–H and O–H groups in total. The smallest absolute Gasteiger partial charge is 0.328 e. The molecule has 100 valence electrons. The highest BCUT2D eigenvalue weighted by molar-refractivity contribution is 14.1. The second-order valence-corrected chi connectivity index (χ2v) is 4.89. The molecule has 8 heteroatoms. The Morgan fingerprint density at radius 3 is 2.53 bits per heavy atom. The zero-order chi connectivity index (χ0) is 14.4. The molecule has 0 unspecified atom stereocenters. The Kier molecular flexibility index (Phi) is 5.77. The maximum absolute atomic E-state index is 11.4. The number of anilines is 1. The lowest BCUT2D eigenvalue weighted by Gasteiger charge is -2.07. The molecule has 19 heavy (non-hydrogen) atoms. The summed E-state index contributed by atoms with van der Waals surface area (Å²) >= 11 is 7.95. The average molecular weight is 395 g/mol. The lowest BCUT2D eigenvalue weighted by Crippen LogP contribution is -2.33. The van der Waals surface area contributed by atoms with Gasteiger partial charge in [0.15, 0.2) is 0 Å². The van der Waals surface area contributed by atoms with Gasteiger partial charge in [-0.3, -0.25) is 10.1 Å². The molecule has 1 aromatic carbocycles. The number of halogens is 2. The predicted molar refractivity (Wildman–Crippen MR) is 78.1 cm³/mol. The molecule has 6 nitrogen and oxygen atoms in total. The molecule has 0 saturated carbocycles. The number of amides is 3. The summed E-state index contributed by atoms with van der Waals surface area (Å²) in [6, 6.07) is 4.16. The number of carboxylic acids is 1. The Hall–Kier alpha value is -1.61. The van der Waals surface area contributed by atoms with Gasteiger partial charge in [-0.1, -0.05) is 11.6 Å². The Balaban J connectivity index is 2.60. The van der Waals surface area contributed by atoms with Crippen LogP contribution in [-0.4, -0.2) is 23.0 Å². The summed E-state index contributed by atoms with van der Waals surface area (Å²) < 4.78 is 0.897. The van der Waals surface area contributed by atoms with Crippen molar-refractivity contribution < 1.29 is 19.5 Å². The largest absolute Gasteiger partial charge is 0.478 e. The van der Waals surface area contributed by atoms with Gasteiger partial charge in [-0.25, -0.2) is 9.59 Å². The fourth-order valence-corrected chi connectivity index (χ4v) is 1.95. The zero-order valence-electron chi connectivity index (χ0n) is 9.31. The highest BCUT2D eigenvalue weighted by Gasteiger charge is 2.08. The lowest BCUT2D eigenvalue weighted by molar-refractivity contribution is -0.131. The molecule has 0 bridgehead atoms. The number of carboxylic acid groups (broad SMARTS) is 1. The van der Waals surface area contributed by atoms with Crippen LogP contribution in [0.4, 0.5) is 10.5 Å². The predicted octanol–water partition coefficient (Wildman–Crippen LogP) is 2.23. The molecule has 3 amide bonds. The summed E-state index contributed by atoms with van der Waals surface area (Å²) in [6.45, 7) is 0. The first-order valence-corrected chi connectivity index (χ1v) is 6.32. The summed E-state index contributed by atoms with van der Waals surface area (Å²) in [7, 11) is 0. The van der Waals surface area contributed by atoms with Gasteiger partial charge in [0.05, 0.1) is 10.7 Å². The topological polar surface area (TPSA) is 95.5 Å². The van der Waals surface area contributed by atoms with Gasteiger partial charge in [-0.2, -0.15) is 0 Å². The first kappa shape index (κ1) is 15.4. The minimum atomic E-state index is -1.28. The zero-order valence-corrected chi connectivity index (χ0v) is 12.2. The van der Waals surface area contributed by atoms with Gasteiger partial charge in [-0.15, -0.1) is 0 Å². The fourth-order valence-electron chi connectivity index (χ4n) is 1.04. The third-order valence-electron chi connectivity index (χ3n) is 1.79. The number of hydrogen-bond donors (Lipinski definition) is 3. The van der Waals surface area contributed by atoms with Crippen molar-refractivity contribution in [3.05, 3.63) is 38.9 Å². The highest BCUT2D eigenvalue weighted by Crippen LogP contribution is 2.23. The van der Waals surface area contributed by atoms with Gasteiger partial charge in [0.1, 0.15) is 0 Å². The minimum absolute atomic E-state index is 0.329. The van der Waals surface area contributed by atoms with Gasteiger partial charge in [-0.05, 0) is 40.8 Å². The van der Waals surface area contributed by atoms with Crippen molar-refractivity contribution in [1.29, 1.82) is 0 Å². The fraction of sp³-hybridized carbons (Fsp3) is 0. The van der Waals surface area contributed by atoms with Crippen molar-refractivity contribution in [2.24, 2.45) is 0 Å². The molecule has 0 spiro atoms. The molecule has 0 atom stereocenters. The van der Waals surface area contributed by atoms with Crippen LogP contribution < -0.4 is 10.6 Å². The van der Waals surface area contributed by atoms with Crippen LogP contribution in [0.1, 0.15) is 0 Å². The van der Waals surface area contributed by atoms with Crippen LogP contribution >= 0.6 is 34.2 Å². The summed E-state index contributed by atoms with van der Waals surface area (Å²) in [4.78, 5) is 32.7. The monoisotopic (exact) mass is 394 g/mol. The Labute approximate surface area is 127 Å². The van der Waals surface area contributed by atoms with E-state index in [-0.39, 0.29) is 0 Å². The Morgan fingerprint density at radius 2 is 1.95 bits per heavy atom. The summed E-state index contributed by atoms with van der Waals surface area (Å²) in [5.74, 6) is -2.13. The first-order valence-electron chi connectivity index (χ1n) is 4.86. The third-order valence-corrected chi connectivity index (χ3v) is 2.78. The third kappa shape index (κ3) is 5.71. The Morgan fingerprint density at radius 1 is 1.26 bits per heavy atom. The van der Waals surface area contributed by atoms with Crippen LogP contribution in [-0.2, 0) is 9.59 Å². The molecule has 0 aliphatic rings. The van der Waals surface area contributed by atoms with E-state index in [4.69, 9.17) is 16.7 Å². The van der Waals surface area contributed by atoms with Gasteiger partial charge < -0.3 is 10.4 Å². The summed E-state index contributed by atoms with van der Waals surface area (Å²) in [5, 5.41) is 12.9. The number of benzene rings is 1. The average Bonchev–Trinajstić information content (AvgIpc) is 2.30. The van der Waals surface area contributed by atoms with E-state index >= 15 is 0 Å². The molecule has 0 radical (unpaired) electrons. The molecular weight excluding hydrogens is 386 g/mol. The van der Waals surface area contributed by atoms with Gasteiger partial charge in [0.2, 0.25) is 0 Å². The molecule has 0 heterocycles. The van der Waals surface area contributed by atoms with Gasteiger partial charge >= 0.3 is 12.0 Å². The van der Waals surface area contributed by atoms with E-state index in [1.807, 2.05) is 5.32 Å². The van der Waals surface area contributed by atoms with Crippen LogP contribution in [0.25, 0.3) is 0 Å². The molecule has 1 aromatic rings. The molecular formula is C11H8ClIN2O4. The molecule has 0 fully saturated rings.